The molecule has 0 atom stereocenters. The summed E-state index contributed by atoms with van der Waals surface area (Å²) in [4.78, 5) is 11.1. The summed E-state index contributed by atoms with van der Waals surface area (Å²) in [5, 5.41) is 3.62. The molecule has 0 unspecified atom stereocenters. The van der Waals surface area contributed by atoms with Crippen molar-refractivity contribution in [2.24, 2.45) is 5.73 Å². The summed E-state index contributed by atoms with van der Waals surface area (Å²) in [6.07, 6.45) is 23.6. The first-order chi connectivity index (χ1) is 17.4. The van der Waals surface area contributed by atoms with Gasteiger partial charge in [0.05, 0.1) is 13.5 Å². The fourth-order valence-corrected chi connectivity index (χ4v) is 4.25. The van der Waals surface area contributed by atoms with E-state index in [1.165, 1.54) is 89.9 Å². The minimum Gasteiger partial charge on any atom is -0.493 e. The molecule has 0 radical (unpaired) electrons. The molecule has 36 heavy (non-hydrogen) atoms. The number of carbonyl (C=O) groups is 1. The van der Waals surface area contributed by atoms with Gasteiger partial charge in [0.1, 0.15) is 6.61 Å². The lowest BCUT2D eigenvalue weighted by Gasteiger charge is -2.27. The summed E-state index contributed by atoms with van der Waals surface area (Å²) in [6.45, 7) is 8.11. The fourth-order valence-electron chi connectivity index (χ4n) is 4.25. The van der Waals surface area contributed by atoms with E-state index in [4.69, 9.17) is 15.2 Å². The Morgan fingerprint density at radius 1 is 0.889 bits per heavy atom. The summed E-state index contributed by atoms with van der Waals surface area (Å²) < 4.78 is 11.5. The second-order valence-corrected chi connectivity index (χ2v) is 10.7. The molecule has 1 amide bonds. The number of hydrogen-bond acceptors (Lipinski definition) is 4. The largest absolute Gasteiger partial charge is 0.493 e. The molecule has 0 spiro atoms. The van der Waals surface area contributed by atoms with Crippen LogP contribution in [-0.2, 0) is 11.2 Å². The maximum atomic E-state index is 11.1. The maximum absolute atomic E-state index is 11.1. The van der Waals surface area contributed by atoms with Gasteiger partial charge in [-0.2, -0.15) is 0 Å². The quantitative estimate of drug-likeness (QED) is 0.120. The van der Waals surface area contributed by atoms with Gasteiger partial charge in [-0.05, 0) is 70.2 Å². The highest BCUT2D eigenvalue weighted by molar-refractivity contribution is 5.76. The molecule has 0 aliphatic rings. The number of nitrogens with one attached hydrogen (secondary N) is 1. The van der Waals surface area contributed by atoms with Crippen molar-refractivity contribution >= 4 is 5.91 Å². The molecule has 1 rings (SSSR count). The van der Waals surface area contributed by atoms with Gasteiger partial charge in [0.2, 0.25) is 5.91 Å². The van der Waals surface area contributed by atoms with E-state index in [0.717, 1.165) is 12.1 Å². The van der Waals surface area contributed by atoms with Gasteiger partial charge < -0.3 is 20.5 Å². The Labute approximate surface area is 221 Å². The van der Waals surface area contributed by atoms with E-state index in [2.05, 4.69) is 38.2 Å². The molecule has 0 fully saturated rings. The highest BCUT2D eigenvalue weighted by Gasteiger charge is 2.19. The van der Waals surface area contributed by atoms with Crippen molar-refractivity contribution in [2.45, 2.75) is 123 Å². The van der Waals surface area contributed by atoms with Crippen molar-refractivity contribution in [3.63, 3.8) is 0 Å². The topological polar surface area (TPSA) is 73.6 Å². The van der Waals surface area contributed by atoms with Gasteiger partial charge in [0.15, 0.2) is 11.5 Å². The second kappa shape index (κ2) is 20.1. The van der Waals surface area contributed by atoms with E-state index in [0.29, 0.717) is 18.1 Å². The molecular formula is C31H54N2O3. The minimum absolute atomic E-state index is 0.140. The van der Waals surface area contributed by atoms with E-state index in [1.807, 2.05) is 18.2 Å². The Bertz CT molecular complexity index is 731. The summed E-state index contributed by atoms with van der Waals surface area (Å²) in [7, 11) is 1.60. The van der Waals surface area contributed by atoms with E-state index in [9.17, 15) is 4.79 Å². The van der Waals surface area contributed by atoms with E-state index in [1.54, 1.807) is 7.11 Å². The summed E-state index contributed by atoms with van der Waals surface area (Å²) >= 11 is 0. The minimum atomic E-state index is -0.359. The van der Waals surface area contributed by atoms with Crippen LogP contribution >= 0.6 is 0 Å². The Morgan fingerprint density at radius 3 is 2.06 bits per heavy atom. The highest BCUT2D eigenvalue weighted by atomic mass is 16.5. The molecule has 1 aromatic rings. The predicted octanol–water partition coefficient (Wildman–Crippen LogP) is 7.51. The third-order valence-electron chi connectivity index (χ3n) is 6.49. The van der Waals surface area contributed by atoms with E-state index in [-0.39, 0.29) is 17.9 Å². The number of ether oxygens (including phenoxy) is 2. The zero-order chi connectivity index (χ0) is 26.5. The molecule has 5 heteroatoms. The van der Waals surface area contributed by atoms with Gasteiger partial charge in [-0.3, -0.25) is 4.79 Å². The smallest absolute Gasteiger partial charge is 0.221 e. The lowest BCUT2D eigenvalue weighted by atomic mass is 10.1. The molecule has 0 heterocycles. The van der Waals surface area contributed by atoms with Crippen LogP contribution in [0.3, 0.4) is 0 Å². The molecule has 0 saturated heterocycles. The Morgan fingerprint density at radius 2 is 1.47 bits per heavy atom. The van der Waals surface area contributed by atoms with Crippen molar-refractivity contribution in [3.8, 4) is 11.5 Å². The van der Waals surface area contributed by atoms with Crippen molar-refractivity contribution in [3.05, 3.63) is 35.9 Å². The van der Waals surface area contributed by atoms with Gasteiger partial charge in [0, 0.05) is 5.54 Å². The number of amides is 1. The zero-order valence-electron chi connectivity index (χ0n) is 23.7. The zero-order valence-corrected chi connectivity index (χ0v) is 23.7. The molecule has 0 bridgehead atoms. The van der Waals surface area contributed by atoms with Gasteiger partial charge in [0.25, 0.3) is 0 Å². The highest BCUT2D eigenvalue weighted by Crippen LogP contribution is 2.29. The number of rotatable bonds is 23. The molecule has 3 N–H and O–H groups in total. The van der Waals surface area contributed by atoms with Crippen LogP contribution in [0.25, 0.3) is 0 Å². The first-order valence-electron chi connectivity index (χ1n) is 14.4. The molecular weight excluding hydrogens is 448 g/mol. The van der Waals surface area contributed by atoms with E-state index >= 15 is 0 Å². The Balaban J connectivity index is 2.06. The van der Waals surface area contributed by atoms with E-state index < -0.39 is 0 Å². The summed E-state index contributed by atoms with van der Waals surface area (Å²) in [5.74, 6) is 0.943. The van der Waals surface area contributed by atoms with Crippen molar-refractivity contribution in [1.82, 2.24) is 5.32 Å². The number of nitrogens with two attached hydrogens (primary N) is 1. The third-order valence-corrected chi connectivity index (χ3v) is 6.49. The lowest BCUT2D eigenvalue weighted by Crippen LogP contribution is -2.45. The van der Waals surface area contributed by atoms with Gasteiger partial charge in [-0.1, -0.05) is 82.9 Å². The Kier molecular flexibility index (Phi) is 17.9. The van der Waals surface area contributed by atoms with Gasteiger partial charge >= 0.3 is 0 Å². The van der Waals surface area contributed by atoms with Crippen molar-refractivity contribution in [2.75, 3.05) is 20.3 Å². The number of hydrogen-bond donors (Lipinski definition) is 2. The SMILES string of the molecule is CCCCCCCC/C=C\CCCCCCCCNC(C)(C)COc1ccc(CC(N)=O)cc1OC. The molecule has 0 aliphatic carbocycles. The molecule has 5 nitrogen and oxygen atoms in total. The summed E-state index contributed by atoms with van der Waals surface area (Å²) in [5.41, 5.74) is 5.97. The van der Waals surface area contributed by atoms with Crippen LogP contribution in [-0.4, -0.2) is 31.7 Å². The number of unbranched alkanes of at least 4 members (excludes halogenated alkanes) is 12. The van der Waals surface area contributed by atoms with Crippen LogP contribution < -0.4 is 20.5 Å². The van der Waals surface area contributed by atoms with Crippen LogP contribution in [0, 0.1) is 0 Å². The van der Waals surface area contributed by atoms with Gasteiger partial charge in [-0.25, -0.2) is 0 Å². The fraction of sp³-hybridized carbons (Fsp3) is 0.710. The number of carbonyl (C=O) groups excluding carboxylic acids is 1. The molecule has 0 aliphatic heterocycles. The normalized spacial score (nSPS) is 11.8. The van der Waals surface area contributed by atoms with Crippen LogP contribution in [0.2, 0.25) is 0 Å². The lowest BCUT2D eigenvalue weighted by molar-refractivity contribution is -0.117. The van der Waals surface area contributed by atoms with Crippen LogP contribution in [0.15, 0.2) is 30.4 Å². The van der Waals surface area contributed by atoms with Crippen LogP contribution in [0.4, 0.5) is 0 Å². The summed E-state index contributed by atoms with van der Waals surface area (Å²) in [6, 6.07) is 5.52. The average molecular weight is 503 g/mol. The number of primary amides is 1. The van der Waals surface area contributed by atoms with Crippen LogP contribution in [0.1, 0.15) is 116 Å². The first-order valence-corrected chi connectivity index (χ1v) is 14.4. The Hall–Kier alpha value is -2.01. The molecule has 0 aromatic heterocycles. The standard InChI is InChI=1S/C31H54N2O3/c1-5-6-7-8-9-10-11-12-13-14-15-16-17-18-19-20-23-33-31(2,3)26-36-28-22-21-27(25-30(32)34)24-29(28)35-4/h12-13,21-22,24,33H,5-11,14-20,23,25-26H2,1-4H3,(H2,32,34)/b13-12-. The van der Waals surface area contributed by atoms with Crippen molar-refractivity contribution in [1.29, 1.82) is 0 Å². The van der Waals surface area contributed by atoms with Crippen molar-refractivity contribution < 1.29 is 14.3 Å². The second-order valence-electron chi connectivity index (χ2n) is 10.7. The first kappa shape index (κ1) is 32.0. The maximum Gasteiger partial charge on any atom is 0.221 e. The molecule has 0 saturated carbocycles. The predicted molar refractivity (Wildman–Crippen MR) is 153 cm³/mol. The number of benzene rings is 1. The molecule has 1 aromatic carbocycles. The van der Waals surface area contributed by atoms with Gasteiger partial charge in [-0.15, -0.1) is 0 Å². The third kappa shape index (κ3) is 16.6. The van der Waals surface area contributed by atoms with Crippen LogP contribution in [0.5, 0.6) is 11.5 Å². The monoisotopic (exact) mass is 502 g/mol. The number of allylic oxidation sites excluding steroid dienone is 2. The average Bonchev–Trinajstić information content (AvgIpc) is 2.84. The molecule has 206 valence electrons. The number of methoxy groups -OCH3 is 1.